The van der Waals surface area contributed by atoms with Crippen molar-refractivity contribution >= 4 is 43.4 Å². The smallest absolute Gasteiger partial charge is 0.160 e. The lowest BCUT2D eigenvalue weighted by Gasteiger charge is -2.12. The SMILES string of the molecule is c1ccc(-c2ccc3ccc(-c4ccc5ccc6c(c5c4)c4ccccc4n6-c4ccc(-c5cc(-c6ccccc6)nc(-c6ccccc6)n5)cc4)cc3c2)cc1. The zero-order chi connectivity index (χ0) is 37.7. The zero-order valence-corrected chi connectivity index (χ0v) is 31.0. The highest BCUT2D eigenvalue weighted by Gasteiger charge is 2.17. The molecule has 266 valence electrons. The summed E-state index contributed by atoms with van der Waals surface area (Å²) in [4.78, 5) is 10.1. The second-order valence-corrected chi connectivity index (χ2v) is 14.6. The average molecular weight is 726 g/mol. The monoisotopic (exact) mass is 725 g/mol. The van der Waals surface area contributed by atoms with Crippen molar-refractivity contribution in [2.45, 2.75) is 0 Å². The Kier molecular flexibility index (Phi) is 7.82. The average Bonchev–Trinajstić information content (AvgIpc) is 3.64. The first-order chi connectivity index (χ1) is 28.2. The lowest BCUT2D eigenvalue weighted by Crippen LogP contribution is -1.97. The van der Waals surface area contributed by atoms with Gasteiger partial charge in [0, 0.05) is 33.2 Å². The van der Waals surface area contributed by atoms with E-state index >= 15 is 0 Å². The number of rotatable bonds is 6. The van der Waals surface area contributed by atoms with Crippen molar-refractivity contribution < 1.29 is 0 Å². The van der Waals surface area contributed by atoms with E-state index in [1.807, 2.05) is 24.3 Å². The number of nitrogens with zero attached hydrogens (tertiary/aromatic N) is 3. The van der Waals surface area contributed by atoms with Gasteiger partial charge in [0.15, 0.2) is 5.82 Å². The van der Waals surface area contributed by atoms with Gasteiger partial charge < -0.3 is 4.57 Å². The molecule has 0 aliphatic carbocycles. The maximum absolute atomic E-state index is 5.08. The summed E-state index contributed by atoms with van der Waals surface area (Å²) in [6.07, 6.45) is 0. The van der Waals surface area contributed by atoms with Gasteiger partial charge in [-0.05, 0) is 92.3 Å². The first-order valence-corrected chi connectivity index (χ1v) is 19.4. The van der Waals surface area contributed by atoms with Crippen LogP contribution in [0.2, 0.25) is 0 Å². The highest BCUT2D eigenvalue weighted by molar-refractivity contribution is 6.22. The van der Waals surface area contributed by atoms with Crippen LogP contribution in [0.5, 0.6) is 0 Å². The molecule has 11 aromatic rings. The van der Waals surface area contributed by atoms with Gasteiger partial charge in [-0.1, -0.05) is 164 Å². The van der Waals surface area contributed by atoms with Crippen molar-refractivity contribution in [3.05, 3.63) is 212 Å². The van der Waals surface area contributed by atoms with Gasteiger partial charge >= 0.3 is 0 Å². The van der Waals surface area contributed by atoms with Crippen LogP contribution >= 0.6 is 0 Å². The quantitative estimate of drug-likeness (QED) is 0.171. The van der Waals surface area contributed by atoms with Gasteiger partial charge in [0.2, 0.25) is 0 Å². The molecule has 3 heteroatoms. The van der Waals surface area contributed by atoms with Gasteiger partial charge in [-0.2, -0.15) is 0 Å². The lowest BCUT2D eigenvalue weighted by atomic mass is 9.95. The van der Waals surface area contributed by atoms with E-state index < -0.39 is 0 Å². The molecule has 0 spiro atoms. The molecule has 2 aromatic heterocycles. The van der Waals surface area contributed by atoms with E-state index in [2.05, 4.69) is 193 Å². The Morgan fingerprint density at radius 1 is 0.298 bits per heavy atom. The Morgan fingerprint density at radius 3 is 1.49 bits per heavy atom. The van der Waals surface area contributed by atoms with Gasteiger partial charge in [0.25, 0.3) is 0 Å². The standard InChI is InChI=1S/C54H35N3/c1-4-12-36(13-5-1)42-23-20-37-21-24-43(33-45(37)32-42)44-25-22-38-28-31-52-53(48(38)34-44)47-18-10-11-19-51(47)57(52)46-29-26-40(27-30-46)50-35-49(39-14-6-2-7-15-39)55-54(56-50)41-16-8-3-9-17-41/h1-35H. The second kappa shape index (κ2) is 13.6. The van der Waals surface area contributed by atoms with Gasteiger partial charge in [0.1, 0.15) is 0 Å². The molecule has 2 heterocycles. The number of para-hydroxylation sites is 1. The van der Waals surface area contributed by atoms with Crippen molar-refractivity contribution in [1.82, 2.24) is 14.5 Å². The van der Waals surface area contributed by atoms with E-state index in [1.165, 1.54) is 65.6 Å². The van der Waals surface area contributed by atoms with Crippen LogP contribution in [0.25, 0.3) is 105 Å². The summed E-state index contributed by atoms with van der Waals surface area (Å²) in [5.74, 6) is 0.713. The van der Waals surface area contributed by atoms with E-state index in [0.717, 1.165) is 33.8 Å². The normalized spacial score (nSPS) is 11.5. The fraction of sp³-hybridized carbons (Fsp3) is 0. The maximum atomic E-state index is 5.08. The van der Waals surface area contributed by atoms with Crippen LogP contribution in [0.3, 0.4) is 0 Å². The molecule has 9 aromatic carbocycles. The molecule has 0 saturated carbocycles. The number of hydrogen-bond donors (Lipinski definition) is 0. The summed E-state index contributed by atoms with van der Waals surface area (Å²) in [5.41, 5.74) is 13.2. The van der Waals surface area contributed by atoms with Gasteiger partial charge in [-0.25, -0.2) is 9.97 Å². The molecule has 0 fully saturated rings. The molecule has 0 aliphatic heterocycles. The van der Waals surface area contributed by atoms with Crippen molar-refractivity contribution in [2.75, 3.05) is 0 Å². The third-order valence-electron chi connectivity index (χ3n) is 11.2. The van der Waals surface area contributed by atoms with E-state index in [9.17, 15) is 0 Å². The summed E-state index contributed by atoms with van der Waals surface area (Å²) >= 11 is 0. The zero-order valence-electron chi connectivity index (χ0n) is 31.0. The number of aromatic nitrogens is 3. The van der Waals surface area contributed by atoms with Crippen molar-refractivity contribution in [1.29, 1.82) is 0 Å². The molecule has 0 aliphatic rings. The second-order valence-electron chi connectivity index (χ2n) is 14.6. The minimum absolute atomic E-state index is 0.713. The number of benzene rings is 9. The van der Waals surface area contributed by atoms with Crippen LogP contribution in [-0.2, 0) is 0 Å². The molecule has 0 atom stereocenters. The predicted molar refractivity (Wildman–Crippen MR) is 239 cm³/mol. The first kappa shape index (κ1) is 32.8. The highest BCUT2D eigenvalue weighted by Crippen LogP contribution is 2.39. The maximum Gasteiger partial charge on any atom is 0.160 e. The summed E-state index contributed by atoms with van der Waals surface area (Å²) in [7, 11) is 0. The topological polar surface area (TPSA) is 30.7 Å². The summed E-state index contributed by atoms with van der Waals surface area (Å²) < 4.78 is 2.40. The Balaban J connectivity index is 1.02. The molecule has 11 rings (SSSR count). The van der Waals surface area contributed by atoms with Crippen LogP contribution in [0.4, 0.5) is 0 Å². The number of fused-ring (bicyclic) bond motifs is 6. The molecule has 57 heavy (non-hydrogen) atoms. The molecule has 0 radical (unpaired) electrons. The minimum Gasteiger partial charge on any atom is -0.309 e. The van der Waals surface area contributed by atoms with E-state index in [1.54, 1.807) is 0 Å². The fourth-order valence-corrected chi connectivity index (χ4v) is 8.33. The van der Waals surface area contributed by atoms with Crippen LogP contribution in [0.15, 0.2) is 212 Å². The molecule has 0 saturated heterocycles. The Hall–Kier alpha value is -7.62. The van der Waals surface area contributed by atoms with Crippen LogP contribution in [-0.4, -0.2) is 14.5 Å². The molecule has 0 amide bonds. The molecule has 0 N–H and O–H groups in total. The summed E-state index contributed by atoms with van der Waals surface area (Å²) in [6, 6.07) is 75.8. The predicted octanol–water partition coefficient (Wildman–Crippen LogP) is 14.2. The third-order valence-corrected chi connectivity index (χ3v) is 11.2. The summed E-state index contributed by atoms with van der Waals surface area (Å²) in [5, 5.41) is 7.45. The molecular formula is C54H35N3. The Bertz CT molecular complexity index is 3200. The fourth-order valence-electron chi connectivity index (χ4n) is 8.33. The molecular weight excluding hydrogens is 691 g/mol. The first-order valence-electron chi connectivity index (χ1n) is 19.4. The van der Waals surface area contributed by atoms with E-state index in [0.29, 0.717) is 5.82 Å². The van der Waals surface area contributed by atoms with Gasteiger partial charge in [-0.3, -0.25) is 0 Å². The van der Waals surface area contributed by atoms with Crippen molar-refractivity contribution in [3.8, 4) is 61.8 Å². The third kappa shape index (κ3) is 5.85. The largest absolute Gasteiger partial charge is 0.309 e. The lowest BCUT2D eigenvalue weighted by molar-refractivity contribution is 1.17. The molecule has 3 nitrogen and oxygen atoms in total. The highest BCUT2D eigenvalue weighted by atomic mass is 15.0. The number of hydrogen-bond acceptors (Lipinski definition) is 2. The van der Waals surface area contributed by atoms with Crippen LogP contribution < -0.4 is 0 Å². The van der Waals surface area contributed by atoms with E-state index in [-0.39, 0.29) is 0 Å². The van der Waals surface area contributed by atoms with Crippen molar-refractivity contribution in [3.63, 3.8) is 0 Å². The van der Waals surface area contributed by atoms with E-state index in [4.69, 9.17) is 9.97 Å². The minimum atomic E-state index is 0.713. The van der Waals surface area contributed by atoms with Crippen LogP contribution in [0, 0.1) is 0 Å². The summed E-state index contributed by atoms with van der Waals surface area (Å²) in [6.45, 7) is 0. The van der Waals surface area contributed by atoms with Crippen molar-refractivity contribution in [2.24, 2.45) is 0 Å². The van der Waals surface area contributed by atoms with Gasteiger partial charge in [-0.15, -0.1) is 0 Å². The van der Waals surface area contributed by atoms with Gasteiger partial charge in [0.05, 0.1) is 22.4 Å². The Morgan fingerprint density at radius 2 is 0.807 bits per heavy atom. The molecule has 0 bridgehead atoms. The Labute approximate surface area is 330 Å². The van der Waals surface area contributed by atoms with Crippen LogP contribution in [0.1, 0.15) is 0 Å². The molecule has 0 unspecified atom stereocenters.